The molecule has 0 rings (SSSR count). The molecule has 13 heteroatoms. The molecule has 0 fully saturated rings. The normalized spacial score (nSPS) is 15.2. The summed E-state index contributed by atoms with van der Waals surface area (Å²) >= 11 is 0. The average molecular weight is 848 g/mol. The van der Waals surface area contributed by atoms with E-state index in [1.165, 1.54) is 38.5 Å². The molecule has 334 valence electrons. The fourth-order valence-electron chi connectivity index (χ4n) is 4.95. The van der Waals surface area contributed by atoms with Crippen LogP contribution in [0.3, 0.4) is 0 Å². The summed E-state index contributed by atoms with van der Waals surface area (Å²) < 4.78 is 32.5. The molecule has 0 saturated heterocycles. The highest BCUT2D eigenvalue weighted by atomic mass is 31.2. The van der Waals surface area contributed by atoms with Crippen LogP contribution >= 0.6 is 7.82 Å². The van der Waals surface area contributed by atoms with E-state index in [0.717, 1.165) is 38.5 Å². The van der Waals surface area contributed by atoms with Crippen LogP contribution in [0.5, 0.6) is 0 Å². The minimum absolute atomic E-state index is 0.0502. The van der Waals surface area contributed by atoms with Gasteiger partial charge in [-0.25, -0.2) is 4.57 Å². The van der Waals surface area contributed by atoms with E-state index in [9.17, 15) is 28.9 Å². The number of carboxylic acids is 1. The van der Waals surface area contributed by atoms with E-state index in [1.807, 2.05) is 30.4 Å². The lowest BCUT2D eigenvalue weighted by Gasteiger charge is -2.20. The number of aliphatic carboxylic acids is 1. The van der Waals surface area contributed by atoms with E-state index in [1.54, 1.807) is 18.2 Å². The van der Waals surface area contributed by atoms with Crippen LogP contribution in [0.15, 0.2) is 97.2 Å². The van der Waals surface area contributed by atoms with E-state index in [-0.39, 0.29) is 12.8 Å². The van der Waals surface area contributed by atoms with Gasteiger partial charge in [-0.05, 0) is 83.5 Å². The van der Waals surface area contributed by atoms with E-state index >= 15 is 0 Å². The number of aliphatic hydroxyl groups is 1. The summed E-state index contributed by atoms with van der Waals surface area (Å²) in [6.45, 7) is 2.51. The number of phosphoric ester groups is 1. The minimum Gasteiger partial charge on any atom is -0.480 e. The predicted octanol–water partition coefficient (Wildman–Crippen LogP) is 10.2. The second kappa shape index (κ2) is 39.8. The van der Waals surface area contributed by atoms with Gasteiger partial charge in [0.15, 0.2) is 6.10 Å². The van der Waals surface area contributed by atoms with E-state index in [2.05, 4.69) is 67.0 Å². The molecule has 0 aliphatic carbocycles. The van der Waals surface area contributed by atoms with Gasteiger partial charge in [0, 0.05) is 12.8 Å². The van der Waals surface area contributed by atoms with Gasteiger partial charge >= 0.3 is 25.7 Å². The molecule has 0 aliphatic heterocycles. The van der Waals surface area contributed by atoms with Crippen LogP contribution in [0, 0.1) is 0 Å². The number of unbranched alkanes of at least 4 members (excludes halogenated alkanes) is 8. The molecule has 5 N–H and O–H groups in total. The molecule has 0 aromatic heterocycles. The van der Waals surface area contributed by atoms with Crippen molar-refractivity contribution in [2.45, 2.75) is 154 Å². The average Bonchev–Trinajstić information content (AvgIpc) is 3.21. The Morgan fingerprint density at radius 2 is 1.08 bits per heavy atom. The maximum absolute atomic E-state index is 12.6. The first kappa shape index (κ1) is 55.4. The largest absolute Gasteiger partial charge is 0.480 e. The highest BCUT2D eigenvalue weighted by Crippen LogP contribution is 2.43. The van der Waals surface area contributed by atoms with Crippen LogP contribution in [0.1, 0.15) is 136 Å². The number of esters is 2. The minimum atomic E-state index is -4.77. The van der Waals surface area contributed by atoms with Gasteiger partial charge in [0.2, 0.25) is 0 Å². The van der Waals surface area contributed by atoms with Crippen molar-refractivity contribution in [3.8, 4) is 0 Å². The molecule has 59 heavy (non-hydrogen) atoms. The van der Waals surface area contributed by atoms with Crippen LogP contribution in [0.25, 0.3) is 0 Å². The number of hydrogen-bond donors (Lipinski definition) is 4. The lowest BCUT2D eigenvalue weighted by molar-refractivity contribution is -0.161. The lowest BCUT2D eigenvalue weighted by atomic mass is 10.2. The zero-order valence-corrected chi connectivity index (χ0v) is 36.6. The second-order valence-electron chi connectivity index (χ2n) is 14.0. The Morgan fingerprint density at radius 1 is 0.610 bits per heavy atom. The first-order valence-electron chi connectivity index (χ1n) is 21.4. The Bertz CT molecular complexity index is 1380. The molecule has 12 nitrogen and oxygen atoms in total. The SMILES string of the molecule is CCCCC/C=C\C/C=C\C/C=C\C/C=C\CCCC(=O)O[C@H](COC(=O)CCC/C=C/C=C\C(O)C/C=C\C/C=C\CCCCC)COP(=O)(O)OC[C@H](N)C(=O)O. The zero-order valence-electron chi connectivity index (χ0n) is 35.7. The summed E-state index contributed by atoms with van der Waals surface area (Å²) in [5.74, 6) is -2.61. The van der Waals surface area contributed by atoms with E-state index < -0.39 is 63.8 Å². The van der Waals surface area contributed by atoms with Gasteiger partial charge in [0.05, 0.1) is 19.3 Å². The topological polar surface area (TPSA) is 192 Å². The number of phosphoric acid groups is 1. The smallest absolute Gasteiger partial charge is 0.472 e. The Balaban J connectivity index is 4.67. The molecule has 0 saturated carbocycles. The molecule has 0 spiro atoms. The number of rotatable bonds is 38. The molecular formula is C46H74NO11P. The number of aliphatic hydroxyl groups excluding tert-OH is 1. The summed E-state index contributed by atoms with van der Waals surface area (Å²) in [4.78, 5) is 45.9. The van der Waals surface area contributed by atoms with Gasteiger partial charge in [-0.1, -0.05) is 137 Å². The fraction of sp³-hybridized carbons (Fsp3) is 0.587. The van der Waals surface area contributed by atoms with Gasteiger partial charge in [-0.15, -0.1) is 0 Å². The van der Waals surface area contributed by atoms with Crippen LogP contribution in [0.2, 0.25) is 0 Å². The molecule has 0 bridgehead atoms. The van der Waals surface area contributed by atoms with Crippen molar-refractivity contribution < 1.29 is 52.6 Å². The summed E-state index contributed by atoms with van der Waals surface area (Å²) in [7, 11) is -4.77. The van der Waals surface area contributed by atoms with Crippen LogP contribution in [-0.2, 0) is 37.5 Å². The summed E-state index contributed by atoms with van der Waals surface area (Å²) in [6.07, 6.45) is 46.5. The molecule has 0 aromatic carbocycles. The first-order valence-corrected chi connectivity index (χ1v) is 22.9. The van der Waals surface area contributed by atoms with Gasteiger partial charge in [0.25, 0.3) is 0 Å². The van der Waals surface area contributed by atoms with Crippen LogP contribution < -0.4 is 5.73 Å². The molecule has 2 unspecified atom stereocenters. The maximum atomic E-state index is 12.6. The number of nitrogens with two attached hydrogens (primary N) is 1. The third kappa shape index (κ3) is 39.6. The monoisotopic (exact) mass is 847 g/mol. The standard InChI is InChI=1S/C46H74NO11P/c1-3-5-7-9-11-13-14-15-16-17-18-19-20-22-24-28-33-37-45(50)58-42(39-56-59(53,54)57-40-43(47)46(51)52)38-55-44(49)36-32-29-25-27-31-35-41(48)34-30-26-23-21-12-10-8-6-4-2/h11-13,15-16,18-19,21-22,24-27,30-31,35,41-43,48H,3-10,14,17,20,23,28-29,32-34,36-40,47H2,1-2H3,(H,51,52)(H,53,54)/b13-11-,16-15-,19-18-,21-12-,24-22-,27-25+,30-26-,35-31-/t41?,42-,43+/m1/s1. The molecule has 0 aliphatic rings. The Labute approximate surface area is 354 Å². The maximum Gasteiger partial charge on any atom is 0.472 e. The molecule has 0 amide bonds. The molecule has 4 atom stereocenters. The van der Waals surface area contributed by atoms with Gasteiger partial charge < -0.3 is 30.3 Å². The number of carboxylic acid groups (broad SMARTS) is 1. The van der Waals surface area contributed by atoms with E-state index in [4.69, 9.17) is 24.8 Å². The van der Waals surface area contributed by atoms with Crippen molar-refractivity contribution >= 4 is 25.7 Å². The quantitative estimate of drug-likeness (QED) is 0.0151. The molecule has 0 aromatic rings. The number of hydrogen-bond acceptors (Lipinski definition) is 10. The summed E-state index contributed by atoms with van der Waals surface area (Å²) in [5.41, 5.74) is 5.32. The second-order valence-corrected chi connectivity index (χ2v) is 15.4. The number of carbonyl (C=O) groups is 3. The summed E-state index contributed by atoms with van der Waals surface area (Å²) in [6, 6.07) is -1.56. The van der Waals surface area contributed by atoms with Crippen LogP contribution in [0.4, 0.5) is 0 Å². The highest BCUT2D eigenvalue weighted by Gasteiger charge is 2.28. The number of carbonyl (C=O) groups excluding carboxylic acids is 2. The Morgan fingerprint density at radius 3 is 1.63 bits per heavy atom. The van der Waals surface area contributed by atoms with Gasteiger partial charge in [-0.2, -0.15) is 0 Å². The van der Waals surface area contributed by atoms with Crippen molar-refractivity contribution in [1.29, 1.82) is 0 Å². The third-order valence-corrected chi connectivity index (χ3v) is 9.34. The molecule has 0 heterocycles. The molecular weight excluding hydrogens is 773 g/mol. The predicted molar refractivity (Wildman–Crippen MR) is 236 cm³/mol. The Kier molecular flexibility index (Phi) is 37.3. The van der Waals surface area contributed by atoms with Crippen LogP contribution in [-0.4, -0.2) is 71.1 Å². The van der Waals surface area contributed by atoms with Crippen molar-refractivity contribution in [2.75, 3.05) is 19.8 Å². The van der Waals surface area contributed by atoms with Crippen molar-refractivity contribution in [2.24, 2.45) is 5.73 Å². The summed E-state index contributed by atoms with van der Waals surface area (Å²) in [5, 5.41) is 19.0. The number of allylic oxidation sites excluding steroid dienone is 14. The third-order valence-electron chi connectivity index (χ3n) is 8.39. The molecule has 0 radical (unpaired) electrons. The fourth-order valence-corrected chi connectivity index (χ4v) is 5.73. The Hall–Kier alpha value is -3.64. The number of ether oxygens (including phenoxy) is 2. The van der Waals surface area contributed by atoms with Crippen molar-refractivity contribution in [3.05, 3.63) is 97.2 Å². The van der Waals surface area contributed by atoms with Crippen molar-refractivity contribution in [3.63, 3.8) is 0 Å². The first-order chi connectivity index (χ1) is 28.5. The van der Waals surface area contributed by atoms with Gasteiger partial charge in [0.1, 0.15) is 12.6 Å². The zero-order chi connectivity index (χ0) is 43.7. The highest BCUT2D eigenvalue weighted by molar-refractivity contribution is 7.47. The van der Waals surface area contributed by atoms with Gasteiger partial charge in [-0.3, -0.25) is 23.4 Å². The van der Waals surface area contributed by atoms with E-state index in [0.29, 0.717) is 32.1 Å². The van der Waals surface area contributed by atoms with Crippen molar-refractivity contribution in [1.82, 2.24) is 0 Å². The lowest BCUT2D eigenvalue weighted by Crippen LogP contribution is -2.34.